The van der Waals surface area contributed by atoms with E-state index in [4.69, 9.17) is 4.74 Å². The molecule has 0 heterocycles. The topological polar surface area (TPSA) is 58.6 Å². The normalized spacial score (nSPS) is 12.4. The molecule has 0 saturated carbocycles. The zero-order valence-electron chi connectivity index (χ0n) is 16.8. The predicted octanol–water partition coefficient (Wildman–Crippen LogP) is 4.91. The Bertz CT molecular complexity index is 599. The van der Waals surface area contributed by atoms with Crippen LogP contribution in [0.4, 0.5) is 10.5 Å². The van der Waals surface area contributed by atoms with E-state index in [2.05, 4.69) is 12.2 Å². The molecule has 0 aliphatic heterocycles. The third kappa shape index (κ3) is 8.61. The van der Waals surface area contributed by atoms with E-state index in [0.29, 0.717) is 6.54 Å². The van der Waals surface area contributed by atoms with Crippen LogP contribution in [0.1, 0.15) is 53.0 Å². The van der Waals surface area contributed by atoms with Crippen LogP contribution in [0.25, 0.3) is 0 Å². The maximum absolute atomic E-state index is 12.3. The maximum Gasteiger partial charge on any atom is 0.410 e. The van der Waals surface area contributed by atoms with Crippen molar-refractivity contribution in [2.75, 3.05) is 18.1 Å². The summed E-state index contributed by atoms with van der Waals surface area (Å²) in [6.45, 7) is 10.0. The maximum atomic E-state index is 12.3. The molecule has 5 nitrogen and oxygen atoms in total. The summed E-state index contributed by atoms with van der Waals surface area (Å²) in [5.74, 6) is 0.995. The van der Waals surface area contributed by atoms with E-state index in [1.165, 1.54) is 4.90 Å². The molecule has 0 bridgehead atoms. The molecule has 1 aromatic rings. The first-order valence-electron chi connectivity index (χ1n) is 9.08. The van der Waals surface area contributed by atoms with E-state index in [9.17, 15) is 9.59 Å². The first-order chi connectivity index (χ1) is 12.1. The number of benzene rings is 1. The summed E-state index contributed by atoms with van der Waals surface area (Å²) >= 11 is 1.67. The number of unbranched alkanes of at least 4 members (excludes halogenated alkanes) is 1. The molecule has 1 unspecified atom stereocenters. The number of hydrogen-bond donors (Lipinski definition) is 1. The second kappa shape index (κ2) is 10.5. The second-order valence-electron chi connectivity index (χ2n) is 7.39. The molecule has 1 atom stereocenters. The summed E-state index contributed by atoms with van der Waals surface area (Å²) in [7, 11) is 1.70. The Morgan fingerprint density at radius 3 is 2.62 bits per heavy atom. The van der Waals surface area contributed by atoms with Gasteiger partial charge in [-0.05, 0) is 57.6 Å². The minimum Gasteiger partial charge on any atom is -0.444 e. The van der Waals surface area contributed by atoms with Gasteiger partial charge in [0.05, 0.1) is 5.25 Å². The van der Waals surface area contributed by atoms with Crippen LogP contribution < -0.4 is 5.32 Å². The van der Waals surface area contributed by atoms with Crippen LogP contribution >= 0.6 is 11.8 Å². The van der Waals surface area contributed by atoms with E-state index >= 15 is 0 Å². The molecule has 146 valence electrons. The average molecular weight is 381 g/mol. The molecule has 0 spiro atoms. The van der Waals surface area contributed by atoms with Gasteiger partial charge >= 0.3 is 6.09 Å². The average Bonchev–Trinajstić information content (AvgIpc) is 2.53. The highest BCUT2D eigenvalue weighted by Crippen LogP contribution is 2.18. The lowest BCUT2D eigenvalue weighted by Gasteiger charge is -2.24. The van der Waals surface area contributed by atoms with Gasteiger partial charge in [-0.15, -0.1) is 11.8 Å². The minimum absolute atomic E-state index is 0.00347. The Morgan fingerprint density at radius 1 is 1.31 bits per heavy atom. The Labute approximate surface area is 161 Å². The number of nitrogens with zero attached hydrogens (tertiary/aromatic N) is 1. The fraction of sp³-hybridized carbons (Fsp3) is 0.600. The summed E-state index contributed by atoms with van der Waals surface area (Å²) in [5, 5.41) is 2.87. The number of thioether (sulfide) groups is 1. The highest BCUT2D eigenvalue weighted by Gasteiger charge is 2.20. The summed E-state index contributed by atoms with van der Waals surface area (Å²) in [4.78, 5) is 25.9. The SMILES string of the molecule is CCCCSC(C)C(=O)Nc1cccc(CN(C)C(=O)OC(C)(C)C)c1. The smallest absolute Gasteiger partial charge is 0.410 e. The molecule has 2 amide bonds. The van der Waals surface area contributed by atoms with Gasteiger partial charge in [0.2, 0.25) is 5.91 Å². The van der Waals surface area contributed by atoms with Crippen molar-refractivity contribution in [1.29, 1.82) is 0 Å². The van der Waals surface area contributed by atoms with Crippen LogP contribution in [-0.4, -0.2) is 40.6 Å². The van der Waals surface area contributed by atoms with E-state index in [1.807, 2.05) is 52.0 Å². The highest BCUT2D eigenvalue weighted by molar-refractivity contribution is 8.00. The quantitative estimate of drug-likeness (QED) is 0.651. The van der Waals surface area contributed by atoms with Crippen molar-refractivity contribution in [2.24, 2.45) is 0 Å². The van der Waals surface area contributed by atoms with Crippen LogP contribution in [0.15, 0.2) is 24.3 Å². The first kappa shape index (κ1) is 22.4. The van der Waals surface area contributed by atoms with Crippen molar-refractivity contribution in [3.8, 4) is 0 Å². The van der Waals surface area contributed by atoms with E-state index in [0.717, 1.165) is 29.8 Å². The Hall–Kier alpha value is -1.69. The number of rotatable bonds is 8. The standard InChI is InChI=1S/C20H32N2O3S/c1-7-8-12-26-15(2)18(23)21-17-11-9-10-16(13-17)14-22(6)19(24)25-20(3,4)5/h9-11,13,15H,7-8,12,14H2,1-6H3,(H,21,23). The number of carbonyl (C=O) groups is 2. The number of amides is 2. The van der Waals surface area contributed by atoms with Crippen LogP contribution in [0.2, 0.25) is 0 Å². The molecule has 0 aliphatic carbocycles. The Morgan fingerprint density at radius 2 is 2.00 bits per heavy atom. The van der Waals surface area contributed by atoms with Crippen molar-refractivity contribution in [3.05, 3.63) is 29.8 Å². The Balaban J connectivity index is 2.62. The lowest BCUT2D eigenvalue weighted by molar-refractivity contribution is -0.115. The van der Waals surface area contributed by atoms with Gasteiger partial charge in [-0.1, -0.05) is 25.5 Å². The van der Waals surface area contributed by atoms with Crippen LogP contribution in [0.5, 0.6) is 0 Å². The molecule has 0 saturated heterocycles. The zero-order chi connectivity index (χ0) is 19.7. The number of carbonyl (C=O) groups excluding carboxylic acids is 2. The monoisotopic (exact) mass is 380 g/mol. The molecule has 0 radical (unpaired) electrons. The van der Waals surface area contributed by atoms with Crippen LogP contribution in [0.3, 0.4) is 0 Å². The van der Waals surface area contributed by atoms with Gasteiger partial charge in [0, 0.05) is 19.3 Å². The third-order valence-electron chi connectivity index (χ3n) is 3.55. The van der Waals surface area contributed by atoms with Gasteiger partial charge in [-0.25, -0.2) is 4.79 Å². The number of nitrogens with one attached hydrogen (secondary N) is 1. The van der Waals surface area contributed by atoms with Gasteiger partial charge in [0.15, 0.2) is 0 Å². The number of hydrogen-bond acceptors (Lipinski definition) is 4. The van der Waals surface area contributed by atoms with Crippen LogP contribution in [-0.2, 0) is 16.1 Å². The van der Waals surface area contributed by atoms with Gasteiger partial charge in [-0.3, -0.25) is 4.79 Å². The molecular weight excluding hydrogens is 348 g/mol. The van der Waals surface area contributed by atoms with E-state index < -0.39 is 5.60 Å². The van der Waals surface area contributed by atoms with Crippen molar-refractivity contribution in [2.45, 2.75) is 64.9 Å². The van der Waals surface area contributed by atoms with Gasteiger partial charge in [-0.2, -0.15) is 0 Å². The molecule has 0 fully saturated rings. The lowest BCUT2D eigenvalue weighted by Crippen LogP contribution is -2.33. The van der Waals surface area contributed by atoms with Crippen molar-refractivity contribution < 1.29 is 14.3 Å². The minimum atomic E-state index is -0.521. The fourth-order valence-electron chi connectivity index (χ4n) is 2.15. The number of anilines is 1. The van der Waals surface area contributed by atoms with Crippen LogP contribution in [0, 0.1) is 0 Å². The van der Waals surface area contributed by atoms with Crippen molar-refractivity contribution in [1.82, 2.24) is 4.90 Å². The predicted molar refractivity (Wildman–Crippen MR) is 110 cm³/mol. The lowest BCUT2D eigenvalue weighted by atomic mass is 10.2. The second-order valence-corrected chi connectivity index (χ2v) is 8.84. The van der Waals surface area contributed by atoms with Crippen molar-refractivity contribution >= 4 is 29.4 Å². The largest absolute Gasteiger partial charge is 0.444 e. The molecule has 26 heavy (non-hydrogen) atoms. The van der Waals surface area contributed by atoms with Gasteiger partial charge in [0.1, 0.15) is 5.60 Å². The fourth-order valence-corrected chi connectivity index (χ4v) is 3.17. The molecule has 0 aromatic heterocycles. The van der Waals surface area contributed by atoms with Gasteiger partial charge < -0.3 is 15.0 Å². The summed E-state index contributed by atoms with van der Waals surface area (Å²) in [6.07, 6.45) is 1.89. The molecule has 1 aromatic carbocycles. The van der Waals surface area contributed by atoms with Gasteiger partial charge in [0.25, 0.3) is 0 Å². The Kier molecular flexibility index (Phi) is 8.99. The van der Waals surface area contributed by atoms with E-state index in [-0.39, 0.29) is 17.3 Å². The third-order valence-corrected chi connectivity index (χ3v) is 4.79. The molecular formula is C20H32N2O3S. The summed E-state index contributed by atoms with van der Waals surface area (Å²) in [5.41, 5.74) is 1.16. The molecule has 1 N–H and O–H groups in total. The molecule has 1 rings (SSSR count). The summed E-state index contributed by atoms with van der Waals surface area (Å²) < 4.78 is 5.36. The summed E-state index contributed by atoms with van der Waals surface area (Å²) in [6, 6.07) is 7.55. The molecule has 6 heteroatoms. The van der Waals surface area contributed by atoms with E-state index in [1.54, 1.807) is 18.8 Å². The van der Waals surface area contributed by atoms with Crippen molar-refractivity contribution in [3.63, 3.8) is 0 Å². The number of ether oxygens (including phenoxy) is 1. The molecule has 0 aliphatic rings. The zero-order valence-corrected chi connectivity index (χ0v) is 17.6. The first-order valence-corrected chi connectivity index (χ1v) is 10.1. The highest BCUT2D eigenvalue weighted by atomic mass is 32.2.